The number of aliphatic imine (C=N–C) groups is 1. The first-order valence-electron chi connectivity index (χ1n) is 7.47. The van der Waals surface area contributed by atoms with Gasteiger partial charge in [0.1, 0.15) is 12.0 Å². The van der Waals surface area contributed by atoms with Crippen LogP contribution in [-0.2, 0) is 15.8 Å². The van der Waals surface area contributed by atoms with Gasteiger partial charge in [-0.2, -0.15) is 4.31 Å². The molecule has 0 atom stereocenters. The summed E-state index contributed by atoms with van der Waals surface area (Å²) in [6.45, 7) is 7.66. The Morgan fingerprint density at radius 2 is 2.09 bits per heavy atom. The molecule has 1 N–H and O–H groups in total. The molecule has 22 heavy (non-hydrogen) atoms. The van der Waals surface area contributed by atoms with Crippen molar-refractivity contribution in [2.24, 2.45) is 4.99 Å². The van der Waals surface area contributed by atoms with Crippen molar-refractivity contribution >= 4 is 16.0 Å². The standard InChI is InChI=1S/C13H23N5O3S/c1-3-14-13(15-4-2)17-6-8-18(9-7-17)22(19,20)11-12-5-10-21-16-12/h5,10H,3-4,6-9,11H2,1-2H3,(H,14,15). The van der Waals surface area contributed by atoms with Crippen molar-refractivity contribution in [3.05, 3.63) is 18.0 Å². The van der Waals surface area contributed by atoms with Crippen molar-refractivity contribution in [1.29, 1.82) is 0 Å². The SMILES string of the molecule is CCN=C(NCC)N1CCN(S(=O)(=O)Cc2ccon2)CC1. The third-order valence-corrected chi connectivity index (χ3v) is 5.21. The van der Waals surface area contributed by atoms with E-state index in [2.05, 4.69) is 24.9 Å². The van der Waals surface area contributed by atoms with Crippen molar-refractivity contribution in [2.75, 3.05) is 39.3 Å². The van der Waals surface area contributed by atoms with Crippen LogP contribution in [-0.4, -0.2) is 68.0 Å². The summed E-state index contributed by atoms with van der Waals surface area (Å²) in [4.78, 5) is 6.52. The molecular formula is C13H23N5O3S. The molecule has 0 unspecified atom stereocenters. The molecule has 0 saturated carbocycles. The predicted octanol–water partition coefficient (Wildman–Crippen LogP) is 0.107. The smallest absolute Gasteiger partial charge is 0.220 e. The van der Waals surface area contributed by atoms with Gasteiger partial charge in [0.15, 0.2) is 5.96 Å². The molecule has 8 nitrogen and oxygen atoms in total. The second-order valence-corrected chi connectivity index (χ2v) is 6.93. The number of rotatable bonds is 5. The zero-order valence-corrected chi connectivity index (χ0v) is 13.8. The molecule has 1 aromatic heterocycles. The second-order valence-electron chi connectivity index (χ2n) is 4.96. The van der Waals surface area contributed by atoms with Crippen LogP contribution in [0.5, 0.6) is 0 Å². The summed E-state index contributed by atoms with van der Waals surface area (Å²) in [6, 6.07) is 1.57. The van der Waals surface area contributed by atoms with E-state index in [1.165, 1.54) is 10.6 Å². The third-order valence-electron chi connectivity index (χ3n) is 3.40. The van der Waals surface area contributed by atoms with Crippen LogP contribution in [0.25, 0.3) is 0 Å². The molecule has 1 fully saturated rings. The molecule has 9 heteroatoms. The Hall–Kier alpha value is -1.61. The van der Waals surface area contributed by atoms with Gasteiger partial charge < -0.3 is 14.7 Å². The summed E-state index contributed by atoms with van der Waals surface area (Å²) in [5.74, 6) is 0.727. The molecule has 0 amide bonds. The van der Waals surface area contributed by atoms with Gasteiger partial charge in [0.25, 0.3) is 0 Å². The minimum atomic E-state index is -3.36. The van der Waals surface area contributed by atoms with Crippen LogP contribution < -0.4 is 5.32 Å². The Morgan fingerprint density at radius 3 is 2.64 bits per heavy atom. The van der Waals surface area contributed by atoms with E-state index in [9.17, 15) is 8.42 Å². The molecule has 1 aromatic rings. The first-order chi connectivity index (χ1) is 10.6. The van der Waals surface area contributed by atoms with Crippen LogP contribution in [0.4, 0.5) is 0 Å². The Bertz CT molecular complexity index is 577. The monoisotopic (exact) mass is 329 g/mol. The molecule has 0 spiro atoms. The lowest BCUT2D eigenvalue weighted by molar-refractivity contribution is 0.260. The van der Waals surface area contributed by atoms with Gasteiger partial charge in [-0.25, -0.2) is 8.42 Å². The lowest BCUT2D eigenvalue weighted by Gasteiger charge is -2.35. The normalized spacial score (nSPS) is 17.7. The largest absolute Gasteiger partial charge is 0.364 e. The highest BCUT2D eigenvalue weighted by atomic mass is 32.2. The molecule has 0 bridgehead atoms. The molecule has 0 aliphatic carbocycles. The first kappa shape index (κ1) is 16.8. The summed E-state index contributed by atoms with van der Waals surface area (Å²) >= 11 is 0. The zero-order valence-electron chi connectivity index (χ0n) is 13.0. The van der Waals surface area contributed by atoms with Gasteiger partial charge in [-0.15, -0.1) is 0 Å². The quantitative estimate of drug-likeness (QED) is 0.609. The maximum Gasteiger partial charge on any atom is 0.220 e. The van der Waals surface area contributed by atoms with Crippen LogP contribution in [0.15, 0.2) is 21.8 Å². The fourth-order valence-corrected chi connectivity index (χ4v) is 3.77. The molecule has 0 radical (unpaired) electrons. The minimum absolute atomic E-state index is 0.118. The minimum Gasteiger partial charge on any atom is -0.364 e. The molecule has 1 aliphatic heterocycles. The lowest BCUT2D eigenvalue weighted by atomic mass is 10.4. The van der Waals surface area contributed by atoms with E-state index in [-0.39, 0.29) is 5.75 Å². The maximum absolute atomic E-state index is 12.4. The van der Waals surface area contributed by atoms with Crippen molar-refractivity contribution < 1.29 is 12.9 Å². The molecule has 2 heterocycles. The lowest BCUT2D eigenvalue weighted by Crippen LogP contribution is -2.53. The van der Waals surface area contributed by atoms with Crippen LogP contribution in [0.2, 0.25) is 0 Å². The molecule has 0 aromatic carbocycles. The highest BCUT2D eigenvalue weighted by Crippen LogP contribution is 2.12. The van der Waals surface area contributed by atoms with E-state index in [0.29, 0.717) is 38.4 Å². The molecule has 2 rings (SSSR count). The van der Waals surface area contributed by atoms with Gasteiger partial charge in [-0.05, 0) is 13.8 Å². The van der Waals surface area contributed by atoms with Gasteiger partial charge >= 0.3 is 0 Å². The summed E-state index contributed by atoms with van der Waals surface area (Å²) in [7, 11) is -3.36. The predicted molar refractivity (Wildman–Crippen MR) is 83.9 cm³/mol. The van der Waals surface area contributed by atoms with Gasteiger partial charge in [0.2, 0.25) is 10.0 Å². The number of guanidine groups is 1. The number of hydrogen-bond donors (Lipinski definition) is 1. The Morgan fingerprint density at radius 1 is 1.36 bits per heavy atom. The summed E-state index contributed by atoms with van der Waals surface area (Å²) < 4.78 is 30.9. The average Bonchev–Trinajstić information content (AvgIpc) is 2.99. The summed E-state index contributed by atoms with van der Waals surface area (Å²) in [5.41, 5.74) is 0.434. The summed E-state index contributed by atoms with van der Waals surface area (Å²) in [5, 5.41) is 6.90. The number of hydrogen-bond acceptors (Lipinski definition) is 5. The number of piperazine rings is 1. The van der Waals surface area contributed by atoms with Crippen LogP contribution in [0.1, 0.15) is 19.5 Å². The molecule has 1 aliphatic rings. The zero-order chi connectivity index (χ0) is 16.0. The van der Waals surface area contributed by atoms with Crippen molar-refractivity contribution in [2.45, 2.75) is 19.6 Å². The average molecular weight is 329 g/mol. The van der Waals surface area contributed by atoms with Crippen LogP contribution >= 0.6 is 0 Å². The highest BCUT2D eigenvalue weighted by Gasteiger charge is 2.28. The van der Waals surface area contributed by atoms with E-state index in [0.717, 1.165) is 12.5 Å². The van der Waals surface area contributed by atoms with Gasteiger partial charge in [-0.1, -0.05) is 5.16 Å². The Balaban J connectivity index is 1.95. The third kappa shape index (κ3) is 4.20. The van der Waals surface area contributed by atoms with Crippen molar-refractivity contribution in [1.82, 2.24) is 19.7 Å². The molecule has 124 valence electrons. The van der Waals surface area contributed by atoms with E-state index in [4.69, 9.17) is 0 Å². The highest BCUT2D eigenvalue weighted by molar-refractivity contribution is 7.88. The van der Waals surface area contributed by atoms with Gasteiger partial charge in [-0.3, -0.25) is 4.99 Å². The molecular weight excluding hydrogens is 306 g/mol. The second kappa shape index (κ2) is 7.59. The molecule has 1 saturated heterocycles. The van der Waals surface area contributed by atoms with Crippen molar-refractivity contribution in [3.63, 3.8) is 0 Å². The van der Waals surface area contributed by atoms with Gasteiger partial charge in [0, 0.05) is 45.3 Å². The van der Waals surface area contributed by atoms with Gasteiger partial charge in [0.05, 0.1) is 5.69 Å². The fourth-order valence-electron chi connectivity index (χ4n) is 2.34. The Kier molecular flexibility index (Phi) is 5.78. The van der Waals surface area contributed by atoms with E-state index in [1.807, 2.05) is 13.8 Å². The number of sulfonamides is 1. The Labute approximate surface area is 131 Å². The van der Waals surface area contributed by atoms with E-state index in [1.54, 1.807) is 6.07 Å². The van der Waals surface area contributed by atoms with E-state index >= 15 is 0 Å². The maximum atomic E-state index is 12.4. The number of nitrogens with zero attached hydrogens (tertiary/aromatic N) is 4. The van der Waals surface area contributed by atoms with E-state index < -0.39 is 10.0 Å². The summed E-state index contributed by atoms with van der Waals surface area (Å²) in [6.07, 6.45) is 1.38. The number of nitrogens with one attached hydrogen (secondary N) is 1. The van der Waals surface area contributed by atoms with Crippen molar-refractivity contribution in [3.8, 4) is 0 Å². The number of aromatic nitrogens is 1. The van der Waals surface area contributed by atoms with Crippen LogP contribution in [0, 0.1) is 0 Å². The fraction of sp³-hybridized carbons (Fsp3) is 0.692. The topological polar surface area (TPSA) is 91.0 Å². The first-order valence-corrected chi connectivity index (χ1v) is 9.08. The van der Waals surface area contributed by atoms with Crippen LogP contribution in [0.3, 0.4) is 0 Å².